The Hall–Kier alpha value is -1.13. The summed E-state index contributed by atoms with van der Waals surface area (Å²) in [6.45, 7) is 8.57. The third kappa shape index (κ3) is 2.82. The second-order valence-corrected chi connectivity index (χ2v) is 5.21. The number of aryl methyl sites for hydroxylation is 1. The van der Waals surface area contributed by atoms with E-state index in [0.29, 0.717) is 0 Å². The SMILES string of the molecule is CC[C@@H](N)c1cnc(N2CCN(C)CC2)c(C)c1. The molecule has 100 valence electrons. The summed E-state index contributed by atoms with van der Waals surface area (Å²) in [5, 5.41) is 0. The Morgan fingerprint density at radius 2 is 2.00 bits per heavy atom. The normalized spacial score (nSPS) is 19.0. The molecule has 1 atom stereocenters. The molecule has 1 aromatic rings. The molecule has 0 spiro atoms. The quantitative estimate of drug-likeness (QED) is 0.881. The molecule has 1 aliphatic heterocycles. The lowest BCUT2D eigenvalue weighted by Gasteiger charge is -2.34. The molecule has 0 radical (unpaired) electrons. The molecule has 1 aliphatic rings. The molecule has 2 rings (SSSR count). The molecule has 0 amide bonds. The Balaban J connectivity index is 2.14. The molecule has 18 heavy (non-hydrogen) atoms. The van der Waals surface area contributed by atoms with Gasteiger partial charge in [0.1, 0.15) is 5.82 Å². The molecule has 0 bridgehead atoms. The van der Waals surface area contributed by atoms with Crippen LogP contribution in [-0.4, -0.2) is 43.1 Å². The Bertz CT molecular complexity index is 397. The Labute approximate surface area is 110 Å². The average molecular weight is 248 g/mol. The van der Waals surface area contributed by atoms with Gasteiger partial charge in [0.2, 0.25) is 0 Å². The molecule has 0 aromatic carbocycles. The van der Waals surface area contributed by atoms with Gasteiger partial charge in [0.05, 0.1) is 0 Å². The first-order valence-corrected chi connectivity index (χ1v) is 6.77. The van der Waals surface area contributed by atoms with E-state index < -0.39 is 0 Å². The van der Waals surface area contributed by atoms with E-state index in [0.717, 1.165) is 44.0 Å². The lowest BCUT2D eigenvalue weighted by molar-refractivity contribution is 0.312. The summed E-state index contributed by atoms with van der Waals surface area (Å²) >= 11 is 0. The van der Waals surface area contributed by atoms with Crippen LogP contribution in [-0.2, 0) is 0 Å². The van der Waals surface area contributed by atoms with Crippen molar-refractivity contribution in [2.75, 3.05) is 38.1 Å². The van der Waals surface area contributed by atoms with Gasteiger partial charge in [-0.1, -0.05) is 6.92 Å². The van der Waals surface area contributed by atoms with Crippen molar-refractivity contribution in [1.82, 2.24) is 9.88 Å². The van der Waals surface area contributed by atoms with E-state index in [4.69, 9.17) is 5.73 Å². The van der Waals surface area contributed by atoms with Crippen LogP contribution in [0.3, 0.4) is 0 Å². The smallest absolute Gasteiger partial charge is 0.131 e. The maximum atomic E-state index is 6.05. The summed E-state index contributed by atoms with van der Waals surface area (Å²) in [5.74, 6) is 1.12. The highest BCUT2D eigenvalue weighted by Gasteiger charge is 2.17. The number of piperazine rings is 1. The number of hydrogen-bond acceptors (Lipinski definition) is 4. The number of pyridine rings is 1. The molecule has 1 fully saturated rings. The molecule has 0 saturated carbocycles. The average Bonchev–Trinajstić information content (AvgIpc) is 2.39. The van der Waals surface area contributed by atoms with Gasteiger partial charge in [-0.25, -0.2) is 4.98 Å². The van der Waals surface area contributed by atoms with Gasteiger partial charge >= 0.3 is 0 Å². The number of anilines is 1. The first kappa shape index (κ1) is 13.3. The van der Waals surface area contributed by atoms with E-state index in [2.05, 4.69) is 41.7 Å². The predicted octanol–water partition coefficient (Wildman–Crippen LogP) is 1.55. The van der Waals surface area contributed by atoms with Gasteiger partial charge in [-0.05, 0) is 37.6 Å². The topological polar surface area (TPSA) is 45.4 Å². The van der Waals surface area contributed by atoms with E-state index in [1.807, 2.05) is 6.20 Å². The van der Waals surface area contributed by atoms with Gasteiger partial charge in [-0.15, -0.1) is 0 Å². The molecular formula is C14H24N4. The molecule has 0 aliphatic carbocycles. The number of hydrogen-bond donors (Lipinski definition) is 1. The van der Waals surface area contributed by atoms with Gasteiger partial charge in [-0.2, -0.15) is 0 Å². The van der Waals surface area contributed by atoms with Crippen molar-refractivity contribution in [2.45, 2.75) is 26.3 Å². The number of rotatable bonds is 3. The molecule has 4 heteroatoms. The van der Waals surface area contributed by atoms with Gasteiger partial charge < -0.3 is 15.5 Å². The maximum Gasteiger partial charge on any atom is 0.131 e. The highest BCUT2D eigenvalue weighted by molar-refractivity contribution is 5.48. The van der Waals surface area contributed by atoms with Crippen LogP contribution in [0.4, 0.5) is 5.82 Å². The van der Waals surface area contributed by atoms with Crippen molar-refractivity contribution in [3.8, 4) is 0 Å². The van der Waals surface area contributed by atoms with Crippen LogP contribution in [0.25, 0.3) is 0 Å². The minimum atomic E-state index is 0.109. The Morgan fingerprint density at radius 1 is 1.33 bits per heavy atom. The second-order valence-electron chi connectivity index (χ2n) is 5.21. The zero-order valence-electron chi connectivity index (χ0n) is 11.7. The highest BCUT2D eigenvalue weighted by Crippen LogP contribution is 2.22. The van der Waals surface area contributed by atoms with Crippen molar-refractivity contribution in [3.63, 3.8) is 0 Å². The van der Waals surface area contributed by atoms with Crippen molar-refractivity contribution < 1.29 is 0 Å². The van der Waals surface area contributed by atoms with E-state index in [9.17, 15) is 0 Å². The molecular weight excluding hydrogens is 224 g/mol. The van der Waals surface area contributed by atoms with Crippen LogP contribution >= 0.6 is 0 Å². The number of nitrogens with two attached hydrogens (primary N) is 1. The molecule has 2 N–H and O–H groups in total. The van der Waals surface area contributed by atoms with Gasteiger partial charge in [-0.3, -0.25) is 0 Å². The van der Waals surface area contributed by atoms with Crippen LogP contribution < -0.4 is 10.6 Å². The maximum absolute atomic E-state index is 6.05. The molecule has 4 nitrogen and oxygen atoms in total. The first-order valence-electron chi connectivity index (χ1n) is 6.77. The summed E-state index contributed by atoms with van der Waals surface area (Å²) in [6, 6.07) is 2.30. The van der Waals surface area contributed by atoms with Crippen LogP contribution in [0.5, 0.6) is 0 Å². The van der Waals surface area contributed by atoms with Crippen LogP contribution in [0.15, 0.2) is 12.3 Å². The zero-order valence-corrected chi connectivity index (χ0v) is 11.7. The number of likely N-dealkylation sites (N-methyl/N-ethyl adjacent to an activating group) is 1. The summed E-state index contributed by atoms with van der Waals surface area (Å²) in [6.07, 6.45) is 2.89. The first-order chi connectivity index (χ1) is 8.61. The van der Waals surface area contributed by atoms with Gasteiger partial charge in [0.25, 0.3) is 0 Å². The van der Waals surface area contributed by atoms with Crippen LogP contribution in [0.1, 0.15) is 30.5 Å². The van der Waals surface area contributed by atoms with Crippen LogP contribution in [0, 0.1) is 6.92 Å². The van der Waals surface area contributed by atoms with E-state index >= 15 is 0 Å². The molecule has 1 saturated heterocycles. The fourth-order valence-corrected chi connectivity index (χ4v) is 2.38. The predicted molar refractivity (Wildman–Crippen MR) is 75.9 cm³/mol. The van der Waals surface area contributed by atoms with Crippen molar-refractivity contribution in [2.24, 2.45) is 5.73 Å². The third-order valence-electron chi connectivity index (χ3n) is 3.74. The van der Waals surface area contributed by atoms with E-state index in [1.54, 1.807) is 0 Å². The third-order valence-corrected chi connectivity index (χ3v) is 3.74. The minimum Gasteiger partial charge on any atom is -0.354 e. The monoisotopic (exact) mass is 248 g/mol. The highest BCUT2D eigenvalue weighted by atomic mass is 15.3. The summed E-state index contributed by atoms with van der Waals surface area (Å²) in [5.41, 5.74) is 8.43. The fourth-order valence-electron chi connectivity index (χ4n) is 2.38. The lowest BCUT2D eigenvalue weighted by atomic mass is 10.1. The second kappa shape index (κ2) is 5.67. The zero-order chi connectivity index (χ0) is 13.1. The van der Waals surface area contributed by atoms with Gasteiger partial charge in [0.15, 0.2) is 0 Å². The molecule has 2 heterocycles. The van der Waals surface area contributed by atoms with Crippen LogP contribution in [0.2, 0.25) is 0 Å². The van der Waals surface area contributed by atoms with E-state index in [-0.39, 0.29) is 6.04 Å². The Kier molecular flexibility index (Phi) is 4.19. The lowest BCUT2D eigenvalue weighted by Crippen LogP contribution is -2.45. The van der Waals surface area contributed by atoms with E-state index in [1.165, 1.54) is 5.56 Å². The number of nitrogens with zero attached hydrogens (tertiary/aromatic N) is 3. The van der Waals surface area contributed by atoms with Gasteiger partial charge in [0, 0.05) is 38.4 Å². The fraction of sp³-hybridized carbons (Fsp3) is 0.643. The summed E-state index contributed by atoms with van der Waals surface area (Å²) in [4.78, 5) is 9.35. The minimum absolute atomic E-state index is 0.109. The van der Waals surface area contributed by atoms with Crippen molar-refractivity contribution in [3.05, 3.63) is 23.4 Å². The van der Waals surface area contributed by atoms with Crippen molar-refractivity contribution >= 4 is 5.82 Å². The summed E-state index contributed by atoms with van der Waals surface area (Å²) < 4.78 is 0. The van der Waals surface area contributed by atoms with Crippen molar-refractivity contribution in [1.29, 1.82) is 0 Å². The largest absolute Gasteiger partial charge is 0.354 e. The molecule has 1 aromatic heterocycles. The number of aromatic nitrogens is 1. The molecule has 0 unspecified atom stereocenters. The summed E-state index contributed by atoms with van der Waals surface area (Å²) in [7, 11) is 2.17. The Morgan fingerprint density at radius 3 is 2.56 bits per heavy atom. The standard InChI is InChI=1S/C14H24N4/c1-4-13(15)12-9-11(2)14(16-10-12)18-7-5-17(3)6-8-18/h9-10,13H,4-8,15H2,1-3H3/t13-/m1/s1.